The van der Waals surface area contributed by atoms with Crippen LogP contribution in [0.1, 0.15) is 13.8 Å². The minimum atomic E-state index is -1.52. The van der Waals surface area contributed by atoms with Crippen LogP contribution in [-0.2, 0) is 4.79 Å². The lowest BCUT2D eigenvalue weighted by Gasteiger charge is -2.26. The molecule has 1 rings (SSSR count). The first-order valence-electron chi connectivity index (χ1n) is 5.11. The smallest absolute Gasteiger partial charge is 0.258 e. The molecule has 0 aromatic heterocycles. The number of carbonyl (C=O) groups is 1. The zero-order chi connectivity index (χ0) is 13.2. The van der Waals surface area contributed by atoms with E-state index in [0.29, 0.717) is 5.75 Å². The van der Waals surface area contributed by atoms with E-state index in [1.165, 1.54) is 51.1 Å². The first-order chi connectivity index (χ1) is 7.77. The number of anilines is 1. The molecule has 5 heteroatoms. The molecule has 0 saturated carbocycles. The van der Waals surface area contributed by atoms with E-state index in [0.717, 1.165) is 0 Å². The van der Waals surface area contributed by atoms with Gasteiger partial charge in [0.25, 0.3) is 5.91 Å². The third kappa shape index (κ3) is 2.94. The summed E-state index contributed by atoms with van der Waals surface area (Å²) in [5.74, 6) is -0.649. The molecule has 0 unspecified atom stereocenters. The molecule has 0 aliphatic heterocycles. The second kappa shape index (κ2) is 4.71. The molecule has 1 amide bonds. The van der Waals surface area contributed by atoms with Crippen molar-refractivity contribution in [3.63, 3.8) is 0 Å². The van der Waals surface area contributed by atoms with Gasteiger partial charge < -0.3 is 14.7 Å². The van der Waals surface area contributed by atoms with E-state index in [1.54, 1.807) is 0 Å². The number of hydrogen-bond acceptors (Lipinski definition) is 3. The van der Waals surface area contributed by atoms with Gasteiger partial charge in [-0.25, -0.2) is 4.39 Å². The zero-order valence-electron chi connectivity index (χ0n) is 10.3. The Bertz CT molecular complexity index is 426. The topological polar surface area (TPSA) is 49.8 Å². The third-order valence-electron chi connectivity index (χ3n) is 2.33. The molecule has 4 nitrogen and oxygen atoms in total. The lowest BCUT2D eigenvalue weighted by molar-refractivity contribution is -0.133. The van der Waals surface area contributed by atoms with Crippen molar-refractivity contribution in [3.05, 3.63) is 24.0 Å². The SMILES string of the molecule is COc1ccc(F)cc1N(C)C(=O)C(C)(C)O. The Hall–Kier alpha value is -1.62. The van der Waals surface area contributed by atoms with Crippen molar-refractivity contribution in [2.24, 2.45) is 0 Å². The summed E-state index contributed by atoms with van der Waals surface area (Å²) in [4.78, 5) is 13.0. The minimum Gasteiger partial charge on any atom is -0.495 e. The highest BCUT2D eigenvalue weighted by Crippen LogP contribution is 2.29. The Labute approximate surface area is 99.6 Å². The number of aliphatic hydroxyl groups is 1. The standard InChI is InChI=1S/C12H16FNO3/c1-12(2,16)11(15)14(3)9-7-8(13)5-6-10(9)17-4/h5-7,16H,1-4H3. The van der Waals surface area contributed by atoms with Gasteiger partial charge in [-0.05, 0) is 26.0 Å². The Balaban J connectivity index is 3.15. The highest BCUT2D eigenvalue weighted by atomic mass is 19.1. The molecule has 0 saturated heterocycles. The van der Waals surface area contributed by atoms with Gasteiger partial charge in [-0.2, -0.15) is 0 Å². The normalized spacial score (nSPS) is 11.2. The first kappa shape index (κ1) is 13.4. The van der Waals surface area contributed by atoms with Crippen LogP contribution in [0.15, 0.2) is 18.2 Å². The lowest BCUT2D eigenvalue weighted by Crippen LogP contribution is -2.43. The van der Waals surface area contributed by atoms with Gasteiger partial charge in [-0.1, -0.05) is 0 Å². The molecule has 17 heavy (non-hydrogen) atoms. The molecule has 0 atom stereocenters. The number of benzene rings is 1. The fourth-order valence-corrected chi connectivity index (χ4v) is 1.45. The van der Waals surface area contributed by atoms with Crippen molar-refractivity contribution >= 4 is 11.6 Å². The lowest BCUT2D eigenvalue weighted by atomic mass is 10.1. The summed E-state index contributed by atoms with van der Waals surface area (Å²) in [7, 11) is 2.89. The van der Waals surface area contributed by atoms with E-state index < -0.39 is 17.3 Å². The summed E-state index contributed by atoms with van der Waals surface area (Å²) in [6, 6.07) is 3.85. The number of nitrogens with zero attached hydrogens (tertiary/aromatic N) is 1. The average molecular weight is 241 g/mol. The number of halogens is 1. The molecule has 1 aromatic carbocycles. The summed E-state index contributed by atoms with van der Waals surface area (Å²) in [6.07, 6.45) is 0. The molecule has 1 aromatic rings. The number of ether oxygens (including phenoxy) is 1. The van der Waals surface area contributed by atoms with Gasteiger partial charge in [0, 0.05) is 13.1 Å². The maximum Gasteiger partial charge on any atom is 0.258 e. The van der Waals surface area contributed by atoms with Crippen LogP contribution in [0.3, 0.4) is 0 Å². The number of methoxy groups -OCH3 is 1. The van der Waals surface area contributed by atoms with Crippen molar-refractivity contribution in [3.8, 4) is 5.75 Å². The number of rotatable bonds is 3. The molecule has 0 radical (unpaired) electrons. The zero-order valence-corrected chi connectivity index (χ0v) is 10.3. The van der Waals surface area contributed by atoms with Gasteiger partial charge in [-0.3, -0.25) is 4.79 Å². The molecule has 0 spiro atoms. The van der Waals surface area contributed by atoms with E-state index in [-0.39, 0.29) is 5.69 Å². The van der Waals surface area contributed by atoms with E-state index >= 15 is 0 Å². The van der Waals surface area contributed by atoms with Gasteiger partial charge in [0.15, 0.2) is 0 Å². The van der Waals surface area contributed by atoms with Crippen LogP contribution in [-0.4, -0.2) is 30.8 Å². The van der Waals surface area contributed by atoms with Crippen LogP contribution >= 0.6 is 0 Å². The monoisotopic (exact) mass is 241 g/mol. The predicted molar refractivity (Wildman–Crippen MR) is 62.7 cm³/mol. The van der Waals surface area contributed by atoms with E-state index in [2.05, 4.69) is 0 Å². The summed E-state index contributed by atoms with van der Waals surface area (Å²) >= 11 is 0. The second-order valence-corrected chi connectivity index (χ2v) is 4.24. The Kier molecular flexibility index (Phi) is 3.72. The fourth-order valence-electron chi connectivity index (χ4n) is 1.45. The average Bonchev–Trinajstić information content (AvgIpc) is 2.25. The second-order valence-electron chi connectivity index (χ2n) is 4.24. The maximum atomic E-state index is 13.1. The summed E-state index contributed by atoms with van der Waals surface area (Å²) in [5.41, 5.74) is -1.24. The van der Waals surface area contributed by atoms with Gasteiger partial charge in [-0.15, -0.1) is 0 Å². The molecule has 0 fully saturated rings. The van der Waals surface area contributed by atoms with Crippen molar-refractivity contribution < 1.29 is 19.0 Å². The molecule has 0 aliphatic carbocycles. The number of amides is 1. The van der Waals surface area contributed by atoms with Crippen LogP contribution in [0.4, 0.5) is 10.1 Å². The number of likely N-dealkylation sites (N-methyl/N-ethyl adjacent to an activating group) is 1. The van der Waals surface area contributed by atoms with Crippen molar-refractivity contribution in [2.75, 3.05) is 19.1 Å². The highest BCUT2D eigenvalue weighted by Gasteiger charge is 2.29. The molecule has 1 N–H and O–H groups in total. The van der Waals surface area contributed by atoms with Crippen molar-refractivity contribution in [1.82, 2.24) is 0 Å². The quantitative estimate of drug-likeness (QED) is 0.873. The van der Waals surface area contributed by atoms with Crippen LogP contribution in [0.25, 0.3) is 0 Å². The molecule has 94 valence electrons. The van der Waals surface area contributed by atoms with E-state index in [4.69, 9.17) is 4.74 Å². The Morgan fingerprint density at radius 2 is 2.06 bits per heavy atom. The maximum absolute atomic E-state index is 13.1. The minimum absolute atomic E-state index is 0.277. The molecular weight excluding hydrogens is 225 g/mol. The summed E-state index contributed by atoms with van der Waals surface area (Å²) in [5, 5.41) is 9.63. The first-order valence-corrected chi connectivity index (χ1v) is 5.11. The van der Waals surface area contributed by atoms with Crippen molar-refractivity contribution in [1.29, 1.82) is 0 Å². The van der Waals surface area contributed by atoms with Crippen molar-refractivity contribution in [2.45, 2.75) is 19.4 Å². The van der Waals surface area contributed by atoms with Gasteiger partial charge in [0.05, 0.1) is 12.8 Å². The van der Waals surface area contributed by atoms with Gasteiger partial charge in [0.1, 0.15) is 17.2 Å². The number of carbonyl (C=O) groups excluding carboxylic acids is 1. The Morgan fingerprint density at radius 3 is 2.53 bits per heavy atom. The summed E-state index contributed by atoms with van der Waals surface area (Å²) < 4.78 is 18.2. The van der Waals surface area contributed by atoms with E-state index in [9.17, 15) is 14.3 Å². The molecule has 0 heterocycles. The van der Waals surface area contributed by atoms with Crippen LogP contribution in [0.2, 0.25) is 0 Å². The third-order valence-corrected chi connectivity index (χ3v) is 2.33. The fraction of sp³-hybridized carbons (Fsp3) is 0.417. The van der Waals surface area contributed by atoms with Crippen LogP contribution in [0.5, 0.6) is 5.75 Å². The molecule has 0 aliphatic rings. The van der Waals surface area contributed by atoms with Gasteiger partial charge in [0.2, 0.25) is 0 Å². The largest absolute Gasteiger partial charge is 0.495 e. The van der Waals surface area contributed by atoms with E-state index in [1.807, 2.05) is 0 Å². The van der Waals surface area contributed by atoms with Gasteiger partial charge >= 0.3 is 0 Å². The number of hydrogen-bond donors (Lipinski definition) is 1. The Morgan fingerprint density at radius 1 is 1.47 bits per heavy atom. The molecule has 0 bridgehead atoms. The molecular formula is C12H16FNO3. The predicted octanol–water partition coefficient (Wildman–Crippen LogP) is 1.57. The van der Waals surface area contributed by atoms with Crippen LogP contribution < -0.4 is 9.64 Å². The van der Waals surface area contributed by atoms with Crippen LogP contribution in [0, 0.1) is 5.82 Å². The highest BCUT2D eigenvalue weighted by molar-refractivity contribution is 5.99. The summed E-state index contributed by atoms with van der Waals surface area (Å²) in [6.45, 7) is 2.75.